The maximum atomic E-state index is 5.42. The molecular formula is C12H19NO. The van der Waals surface area contributed by atoms with E-state index in [2.05, 4.69) is 36.5 Å². The van der Waals surface area contributed by atoms with E-state index in [4.69, 9.17) is 4.74 Å². The molecular weight excluding hydrogens is 174 g/mol. The van der Waals surface area contributed by atoms with Gasteiger partial charge >= 0.3 is 0 Å². The SMILES string of the molecule is CCOCC(NC)c1cccc(C)c1. The van der Waals surface area contributed by atoms with Crippen LogP contribution in [0.3, 0.4) is 0 Å². The third-order valence-corrected chi connectivity index (χ3v) is 2.28. The summed E-state index contributed by atoms with van der Waals surface area (Å²) in [5, 5.41) is 3.26. The molecule has 1 atom stereocenters. The predicted molar refractivity (Wildman–Crippen MR) is 59.5 cm³/mol. The van der Waals surface area contributed by atoms with Crippen molar-refractivity contribution in [1.29, 1.82) is 0 Å². The molecule has 0 fully saturated rings. The van der Waals surface area contributed by atoms with E-state index in [1.54, 1.807) is 0 Å². The molecule has 2 nitrogen and oxygen atoms in total. The predicted octanol–water partition coefficient (Wildman–Crippen LogP) is 2.29. The first-order valence-corrected chi connectivity index (χ1v) is 5.09. The largest absolute Gasteiger partial charge is 0.380 e. The van der Waals surface area contributed by atoms with Crippen molar-refractivity contribution in [3.8, 4) is 0 Å². The Morgan fingerprint density at radius 1 is 1.43 bits per heavy atom. The van der Waals surface area contributed by atoms with E-state index in [0.717, 1.165) is 13.2 Å². The molecule has 0 heterocycles. The van der Waals surface area contributed by atoms with Gasteiger partial charge in [0.25, 0.3) is 0 Å². The minimum Gasteiger partial charge on any atom is -0.380 e. The molecule has 78 valence electrons. The number of benzene rings is 1. The summed E-state index contributed by atoms with van der Waals surface area (Å²) < 4.78 is 5.42. The fourth-order valence-electron chi connectivity index (χ4n) is 1.47. The number of hydrogen-bond donors (Lipinski definition) is 1. The summed E-state index contributed by atoms with van der Waals surface area (Å²) in [6, 6.07) is 8.82. The van der Waals surface area contributed by atoms with E-state index in [1.165, 1.54) is 11.1 Å². The molecule has 0 saturated carbocycles. The average molecular weight is 193 g/mol. The van der Waals surface area contributed by atoms with Gasteiger partial charge in [0.15, 0.2) is 0 Å². The molecule has 14 heavy (non-hydrogen) atoms. The lowest BCUT2D eigenvalue weighted by molar-refractivity contribution is 0.125. The van der Waals surface area contributed by atoms with Crippen molar-refractivity contribution in [2.24, 2.45) is 0 Å². The molecule has 1 aromatic carbocycles. The molecule has 0 aliphatic rings. The Labute approximate surface area is 86.3 Å². The molecule has 0 saturated heterocycles. The highest BCUT2D eigenvalue weighted by atomic mass is 16.5. The van der Waals surface area contributed by atoms with Crippen molar-refractivity contribution in [3.05, 3.63) is 35.4 Å². The Bertz CT molecular complexity index is 273. The number of ether oxygens (including phenoxy) is 1. The van der Waals surface area contributed by atoms with E-state index >= 15 is 0 Å². The van der Waals surface area contributed by atoms with Crippen LogP contribution in [0.2, 0.25) is 0 Å². The smallest absolute Gasteiger partial charge is 0.0661 e. The van der Waals surface area contributed by atoms with Gasteiger partial charge < -0.3 is 10.1 Å². The molecule has 0 aromatic heterocycles. The van der Waals surface area contributed by atoms with Crippen molar-refractivity contribution in [1.82, 2.24) is 5.32 Å². The Morgan fingerprint density at radius 3 is 2.79 bits per heavy atom. The second-order valence-corrected chi connectivity index (χ2v) is 3.41. The molecule has 0 aliphatic carbocycles. The summed E-state index contributed by atoms with van der Waals surface area (Å²) >= 11 is 0. The fraction of sp³-hybridized carbons (Fsp3) is 0.500. The highest BCUT2D eigenvalue weighted by Crippen LogP contribution is 2.14. The number of nitrogens with one attached hydrogen (secondary N) is 1. The zero-order chi connectivity index (χ0) is 10.4. The summed E-state index contributed by atoms with van der Waals surface area (Å²) in [6.45, 7) is 5.63. The molecule has 0 amide bonds. The summed E-state index contributed by atoms with van der Waals surface area (Å²) in [5.74, 6) is 0. The molecule has 1 aromatic rings. The van der Waals surface area contributed by atoms with Crippen molar-refractivity contribution in [2.45, 2.75) is 19.9 Å². The van der Waals surface area contributed by atoms with Gasteiger partial charge in [-0.05, 0) is 26.5 Å². The molecule has 1 unspecified atom stereocenters. The Kier molecular flexibility index (Phi) is 4.63. The topological polar surface area (TPSA) is 21.3 Å². The lowest BCUT2D eigenvalue weighted by Crippen LogP contribution is -2.21. The second-order valence-electron chi connectivity index (χ2n) is 3.41. The minimum atomic E-state index is 0.301. The van der Waals surface area contributed by atoms with Crippen LogP contribution >= 0.6 is 0 Å². The standard InChI is InChI=1S/C12H19NO/c1-4-14-9-12(13-3)11-7-5-6-10(2)8-11/h5-8,12-13H,4,9H2,1-3H3. The van der Waals surface area contributed by atoms with Gasteiger partial charge in [-0.2, -0.15) is 0 Å². The van der Waals surface area contributed by atoms with Crippen molar-refractivity contribution in [3.63, 3.8) is 0 Å². The zero-order valence-corrected chi connectivity index (χ0v) is 9.21. The summed E-state index contributed by atoms with van der Waals surface area (Å²) in [5.41, 5.74) is 2.58. The Morgan fingerprint density at radius 2 is 2.21 bits per heavy atom. The number of aryl methyl sites for hydroxylation is 1. The van der Waals surface area contributed by atoms with Gasteiger partial charge in [-0.1, -0.05) is 29.8 Å². The number of likely N-dealkylation sites (N-methyl/N-ethyl adjacent to an activating group) is 1. The summed E-state index contributed by atoms with van der Waals surface area (Å²) in [7, 11) is 1.96. The minimum absolute atomic E-state index is 0.301. The maximum absolute atomic E-state index is 5.42. The van der Waals surface area contributed by atoms with Crippen LogP contribution < -0.4 is 5.32 Å². The molecule has 0 bridgehead atoms. The van der Waals surface area contributed by atoms with E-state index < -0.39 is 0 Å². The first-order chi connectivity index (χ1) is 6.77. The second kappa shape index (κ2) is 5.78. The molecule has 2 heteroatoms. The Hall–Kier alpha value is -0.860. The first kappa shape index (κ1) is 11.2. The van der Waals surface area contributed by atoms with Crippen molar-refractivity contribution < 1.29 is 4.74 Å². The molecule has 0 aliphatic heterocycles. The van der Waals surface area contributed by atoms with E-state index in [-0.39, 0.29) is 0 Å². The molecule has 1 rings (SSSR count). The van der Waals surface area contributed by atoms with Gasteiger partial charge in [-0.15, -0.1) is 0 Å². The van der Waals surface area contributed by atoms with Crippen LogP contribution in [0, 0.1) is 6.92 Å². The van der Waals surface area contributed by atoms with Gasteiger partial charge in [0, 0.05) is 6.61 Å². The Balaban J connectivity index is 2.68. The normalized spacial score (nSPS) is 12.8. The van der Waals surface area contributed by atoms with Gasteiger partial charge in [0.05, 0.1) is 12.6 Å². The van der Waals surface area contributed by atoms with Crippen LogP contribution in [-0.4, -0.2) is 20.3 Å². The van der Waals surface area contributed by atoms with Crippen LogP contribution in [0.15, 0.2) is 24.3 Å². The van der Waals surface area contributed by atoms with Crippen molar-refractivity contribution in [2.75, 3.05) is 20.3 Å². The fourth-order valence-corrected chi connectivity index (χ4v) is 1.47. The zero-order valence-electron chi connectivity index (χ0n) is 9.21. The average Bonchev–Trinajstić information content (AvgIpc) is 2.19. The lowest BCUT2D eigenvalue weighted by Gasteiger charge is -2.16. The van der Waals surface area contributed by atoms with E-state index in [9.17, 15) is 0 Å². The van der Waals surface area contributed by atoms with Gasteiger partial charge in [-0.25, -0.2) is 0 Å². The highest BCUT2D eigenvalue weighted by molar-refractivity contribution is 5.25. The van der Waals surface area contributed by atoms with Gasteiger partial charge in [-0.3, -0.25) is 0 Å². The number of rotatable bonds is 5. The van der Waals surface area contributed by atoms with E-state index in [1.807, 2.05) is 14.0 Å². The first-order valence-electron chi connectivity index (χ1n) is 5.09. The maximum Gasteiger partial charge on any atom is 0.0661 e. The molecule has 0 radical (unpaired) electrons. The highest BCUT2D eigenvalue weighted by Gasteiger charge is 2.08. The van der Waals surface area contributed by atoms with Crippen molar-refractivity contribution >= 4 is 0 Å². The monoisotopic (exact) mass is 193 g/mol. The lowest BCUT2D eigenvalue weighted by atomic mass is 10.1. The van der Waals surface area contributed by atoms with Gasteiger partial charge in [0.1, 0.15) is 0 Å². The van der Waals surface area contributed by atoms with Crippen LogP contribution in [0.1, 0.15) is 24.1 Å². The third kappa shape index (κ3) is 3.13. The van der Waals surface area contributed by atoms with E-state index in [0.29, 0.717) is 6.04 Å². The molecule has 1 N–H and O–H groups in total. The van der Waals surface area contributed by atoms with Crippen LogP contribution in [0.5, 0.6) is 0 Å². The summed E-state index contributed by atoms with van der Waals surface area (Å²) in [6.07, 6.45) is 0. The molecule has 0 spiro atoms. The summed E-state index contributed by atoms with van der Waals surface area (Å²) in [4.78, 5) is 0. The quantitative estimate of drug-likeness (QED) is 0.774. The van der Waals surface area contributed by atoms with Crippen LogP contribution in [0.25, 0.3) is 0 Å². The third-order valence-electron chi connectivity index (χ3n) is 2.28. The number of hydrogen-bond acceptors (Lipinski definition) is 2. The van der Waals surface area contributed by atoms with Crippen LogP contribution in [0.4, 0.5) is 0 Å². The van der Waals surface area contributed by atoms with Crippen LogP contribution in [-0.2, 0) is 4.74 Å². The van der Waals surface area contributed by atoms with Gasteiger partial charge in [0.2, 0.25) is 0 Å².